The van der Waals surface area contributed by atoms with E-state index in [1.54, 1.807) is 50.1 Å². The summed E-state index contributed by atoms with van der Waals surface area (Å²) in [4.78, 5) is 17.8. The molecule has 1 aliphatic heterocycles. The number of nitrogens with zero attached hydrogens (tertiary/aromatic N) is 3. The van der Waals surface area contributed by atoms with Crippen LogP contribution in [0.4, 0.5) is 13.2 Å². The summed E-state index contributed by atoms with van der Waals surface area (Å²) in [5.41, 5.74) is 5.11. The molecule has 9 heteroatoms. The van der Waals surface area contributed by atoms with Gasteiger partial charge in [-0.1, -0.05) is 0 Å². The fourth-order valence-corrected chi connectivity index (χ4v) is 2.54. The van der Waals surface area contributed by atoms with Crippen LogP contribution in [0.15, 0.2) is 51.9 Å². The fourth-order valence-electron chi connectivity index (χ4n) is 2.54. The third-order valence-corrected chi connectivity index (χ3v) is 4.23. The third-order valence-electron chi connectivity index (χ3n) is 4.23. The van der Waals surface area contributed by atoms with Crippen molar-refractivity contribution in [3.05, 3.63) is 46.9 Å². The summed E-state index contributed by atoms with van der Waals surface area (Å²) in [6, 6.07) is -0.526. The highest BCUT2D eigenvalue weighted by Crippen LogP contribution is 2.25. The minimum Gasteiger partial charge on any atom is -0.515 e. The Morgan fingerprint density at radius 3 is 2.64 bits per heavy atom. The van der Waals surface area contributed by atoms with Crippen molar-refractivity contribution in [1.29, 1.82) is 0 Å². The maximum atomic E-state index is 12.8. The quantitative estimate of drug-likeness (QED) is 0.284. The van der Waals surface area contributed by atoms with Gasteiger partial charge in [0.25, 0.3) is 5.91 Å². The molecule has 2 N–H and O–H groups in total. The zero-order valence-corrected chi connectivity index (χ0v) is 16.7. The van der Waals surface area contributed by atoms with Crippen molar-refractivity contribution in [2.24, 2.45) is 4.99 Å². The van der Waals surface area contributed by atoms with E-state index in [1.165, 1.54) is 6.08 Å². The zero-order valence-electron chi connectivity index (χ0n) is 16.7. The molecule has 0 aromatic rings. The molecule has 1 aliphatic rings. The van der Waals surface area contributed by atoms with Gasteiger partial charge >= 0.3 is 6.18 Å². The minimum absolute atomic E-state index is 0.216. The van der Waals surface area contributed by atoms with Crippen LogP contribution in [0.25, 0.3) is 0 Å². The highest BCUT2D eigenvalue weighted by molar-refractivity contribution is 6.00. The molecule has 1 rings (SSSR count). The first-order valence-electron chi connectivity index (χ1n) is 8.68. The number of rotatable bonds is 8. The molecule has 0 bridgehead atoms. The number of amides is 1. The monoisotopic (exact) mass is 400 g/mol. The molecule has 156 valence electrons. The summed E-state index contributed by atoms with van der Waals surface area (Å²) < 4.78 is 37.2. The van der Waals surface area contributed by atoms with E-state index in [1.807, 2.05) is 6.92 Å². The number of hydrogen-bond donors (Lipinski definition) is 2. The molecule has 0 saturated heterocycles. The molecule has 0 aliphatic carbocycles. The van der Waals surface area contributed by atoms with Crippen LogP contribution in [0.1, 0.15) is 20.8 Å². The molecule has 1 heterocycles. The number of alkyl halides is 3. The molecule has 1 atom stereocenters. The van der Waals surface area contributed by atoms with Crippen molar-refractivity contribution in [2.45, 2.75) is 33.0 Å². The van der Waals surface area contributed by atoms with Gasteiger partial charge in [-0.3, -0.25) is 9.79 Å². The van der Waals surface area contributed by atoms with Gasteiger partial charge in [0.15, 0.2) is 0 Å². The van der Waals surface area contributed by atoms with Crippen molar-refractivity contribution in [2.75, 3.05) is 27.2 Å². The van der Waals surface area contributed by atoms with Gasteiger partial charge in [0, 0.05) is 38.6 Å². The van der Waals surface area contributed by atoms with Crippen molar-refractivity contribution in [1.82, 2.24) is 15.3 Å². The minimum atomic E-state index is -4.41. The second kappa shape index (κ2) is 10.1. The van der Waals surface area contributed by atoms with Crippen molar-refractivity contribution in [3.8, 4) is 0 Å². The largest absolute Gasteiger partial charge is 0.515 e. The molecule has 0 spiro atoms. The van der Waals surface area contributed by atoms with E-state index in [0.29, 0.717) is 23.3 Å². The summed E-state index contributed by atoms with van der Waals surface area (Å²) in [6.45, 7) is 4.20. The summed E-state index contributed by atoms with van der Waals surface area (Å²) in [5, 5.41) is 10.8. The second-order valence-electron chi connectivity index (χ2n) is 6.56. The van der Waals surface area contributed by atoms with Gasteiger partial charge in [0.05, 0.1) is 12.3 Å². The van der Waals surface area contributed by atoms with Gasteiger partial charge < -0.3 is 15.0 Å². The summed E-state index contributed by atoms with van der Waals surface area (Å²) in [6.07, 6.45) is 2.46. The van der Waals surface area contributed by atoms with E-state index in [9.17, 15) is 18.0 Å². The van der Waals surface area contributed by atoms with Gasteiger partial charge in [-0.15, -0.1) is 0 Å². The first-order valence-corrected chi connectivity index (χ1v) is 8.68. The van der Waals surface area contributed by atoms with Crippen LogP contribution >= 0.6 is 0 Å². The van der Waals surface area contributed by atoms with E-state index < -0.39 is 18.8 Å². The van der Waals surface area contributed by atoms with Crippen LogP contribution in [0.2, 0.25) is 0 Å². The second-order valence-corrected chi connectivity index (χ2v) is 6.56. The summed E-state index contributed by atoms with van der Waals surface area (Å²) in [7, 11) is 3.53. The first-order chi connectivity index (χ1) is 13.0. The number of halogens is 3. The number of carbonyl (C=O) groups is 1. The van der Waals surface area contributed by atoms with Crippen LogP contribution < -0.4 is 5.43 Å². The Bertz CT molecular complexity index is 721. The summed E-state index contributed by atoms with van der Waals surface area (Å²) >= 11 is 0. The Balaban J connectivity index is 3.07. The van der Waals surface area contributed by atoms with Gasteiger partial charge in [-0.2, -0.15) is 13.2 Å². The molecule has 0 fully saturated rings. The molecule has 0 saturated carbocycles. The van der Waals surface area contributed by atoms with Crippen LogP contribution in [-0.4, -0.2) is 66.5 Å². The highest BCUT2D eigenvalue weighted by atomic mass is 19.4. The molecular formula is C19H27F3N4O2. The van der Waals surface area contributed by atoms with E-state index in [4.69, 9.17) is 5.11 Å². The Morgan fingerprint density at radius 2 is 2.11 bits per heavy atom. The van der Waals surface area contributed by atoms with E-state index in [-0.39, 0.29) is 5.91 Å². The lowest BCUT2D eigenvalue weighted by molar-refractivity contribution is -0.126. The standard InChI is InChI=1S/C19H27F3N4O2/c1-13(11-27)8-16(9-24-12-19(20,21)22)15(3)26-10-14(2)17(18(26)28)6-7-25(5)23-4/h6-9,11,15,23,27H,10,12H2,1-5H3/b7-6-,13-11+,16-8+,24-9-. The topological polar surface area (TPSA) is 68.2 Å². The van der Waals surface area contributed by atoms with Crippen LogP contribution in [-0.2, 0) is 4.79 Å². The molecule has 1 unspecified atom stereocenters. The van der Waals surface area contributed by atoms with Crippen LogP contribution in [0.3, 0.4) is 0 Å². The summed E-state index contributed by atoms with van der Waals surface area (Å²) in [5.74, 6) is -0.216. The molecule has 0 aromatic carbocycles. The Hall–Kier alpha value is -2.55. The lowest BCUT2D eigenvalue weighted by Crippen LogP contribution is -2.37. The normalized spacial score (nSPS) is 18.1. The molecule has 1 amide bonds. The first kappa shape index (κ1) is 23.5. The lowest BCUT2D eigenvalue weighted by Gasteiger charge is -2.26. The number of nitrogens with one attached hydrogen (secondary N) is 1. The maximum Gasteiger partial charge on any atom is 0.407 e. The average Bonchev–Trinajstić information content (AvgIpc) is 2.90. The van der Waals surface area contributed by atoms with E-state index >= 15 is 0 Å². The maximum absolute atomic E-state index is 12.8. The predicted octanol–water partition coefficient (Wildman–Crippen LogP) is 3.13. The SMILES string of the molecule is CNN(C)/C=C\C1=C(C)CN(C(C)C(/C=N\CC(F)(F)F)=C/C(C)=C/O)C1=O. The number of aliphatic hydroxyl groups excluding tert-OH is 1. The van der Waals surface area contributed by atoms with Crippen LogP contribution in [0, 0.1) is 0 Å². The fraction of sp³-hybridized carbons (Fsp3) is 0.474. The predicted molar refractivity (Wildman–Crippen MR) is 104 cm³/mol. The number of hydrogen-bond acceptors (Lipinski definition) is 5. The van der Waals surface area contributed by atoms with Crippen molar-refractivity contribution in [3.63, 3.8) is 0 Å². The number of hydrazine groups is 1. The smallest absolute Gasteiger partial charge is 0.407 e. The Kier molecular flexibility index (Phi) is 8.49. The van der Waals surface area contributed by atoms with Gasteiger partial charge in [0.1, 0.15) is 6.54 Å². The van der Waals surface area contributed by atoms with E-state index in [0.717, 1.165) is 18.0 Å². The molecule has 28 heavy (non-hydrogen) atoms. The lowest BCUT2D eigenvalue weighted by atomic mass is 10.1. The molecule has 0 aromatic heterocycles. The Labute approximate surface area is 163 Å². The molecular weight excluding hydrogens is 373 g/mol. The highest BCUT2D eigenvalue weighted by Gasteiger charge is 2.31. The van der Waals surface area contributed by atoms with Gasteiger partial charge in [0.2, 0.25) is 0 Å². The zero-order chi connectivity index (χ0) is 21.5. The number of allylic oxidation sites excluding steroid dienone is 2. The molecule has 6 nitrogen and oxygen atoms in total. The van der Waals surface area contributed by atoms with Crippen molar-refractivity contribution < 1.29 is 23.1 Å². The average molecular weight is 400 g/mol. The number of aliphatic hydroxyl groups is 1. The Morgan fingerprint density at radius 1 is 1.46 bits per heavy atom. The van der Waals surface area contributed by atoms with E-state index in [2.05, 4.69) is 10.4 Å². The number of carbonyl (C=O) groups excluding carboxylic acids is 1. The van der Waals surface area contributed by atoms with Gasteiger partial charge in [-0.05, 0) is 49.6 Å². The number of aliphatic imine (C=N–C) groups is 1. The molecule has 0 radical (unpaired) electrons. The van der Waals surface area contributed by atoms with Crippen molar-refractivity contribution >= 4 is 12.1 Å². The van der Waals surface area contributed by atoms with Gasteiger partial charge in [-0.25, -0.2) is 5.43 Å². The third kappa shape index (κ3) is 6.88. The van der Waals surface area contributed by atoms with Crippen LogP contribution in [0.5, 0.6) is 0 Å².